The van der Waals surface area contributed by atoms with Crippen molar-refractivity contribution in [1.82, 2.24) is 19.5 Å². The summed E-state index contributed by atoms with van der Waals surface area (Å²) in [5.41, 5.74) is 2.98. The third-order valence-electron chi connectivity index (χ3n) is 3.06. The van der Waals surface area contributed by atoms with Crippen LogP contribution in [0.5, 0.6) is 0 Å². The predicted octanol–water partition coefficient (Wildman–Crippen LogP) is 4.04. The molecule has 0 atom stereocenters. The van der Waals surface area contributed by atoms with Crippen LogP contribution in [0, 0.1) is 0 Å². The molecule has 2 aromatic heterocycles. The number of rotatable bonds is 2. The van der Waals surface area contributed by atoms with Crippen LogP contribution >= 0.6 is 27.7 Å². The Bertz CT molecular complexity index is 766. The number of fused-ring (bicyclic) bond motifs is 3. The van der Waals surface area contributed by atoms with Crippen LogP contribution in [0.4, 0.5) is 0 Å². The van der Waals surface area contributed by atoms with E-state index in [1.54, 1.807) is 11.8 Å². The van der Waals surface area contributed by atoms with Gasteiger partial charge in [0, 0.05) is 22.1 Å². The molecule has 0 fully saturated rings. The second-order valence-electron chi connectivity index (χ2n) is 4.60. The van der Waals surface area contributed by atoms with Crippen LogP contribution < -0.4 is 0 Å². The molecule has 0 aliphatic heterocycles. The van der Waals surface area contributed by atoms with E-state index in [9.17, 15) is 0 Å². The summed E-state index contributed by atoms with van der Waals surface area (Å²) in [5, 5.41) is 1.81. The first kappa shape index (κ1) is 12.9. The van der Waals surface area contributed by atoms with E-state index >= 15 is 0 Å². The van der Waals surface area contributed by atoms with Crippen LogP contribution in [0.15, 0.2) is 28.2 Å². The molecule has 3 aromatic rings. The van der Waals surface area contributed by atoms with Gasteiger partial charge < -0.3 is 4.57 Å². The van der Waals surface area contributed by atoms with Gasteiger partial charge in [0.05, 0.1) is 11.8 Å². The van der Waals surface area contributed by atoms with E-state index < -0.39 is 0 Å². The Morgan fingerprint density at radius 1 is 1.26 bits per heavy atom. The van der Waals surface area contributed by atoms with Crippen molar-refractivity contribution in [3.63, 3.8) is 0 Å². The highest BCUT2D eigenvalue weighted by Gasteiger charge is 2.14. The third kappa shape index (κ3) is 2.03. The van der Waals surface area contributed by atoms with E-state index in [-0.39, 0.29) is 0 Å². The zero-order valence-electron chi connectivity index (χ0n) is 10.9. The Hall–Kier alpha value is -1.14. The lowest BCUT2D eigenvalue weighted by Gasteiger charge is -2.10. The molecule has 98 valence electrons. The summed E-state index contributed by atoms with van der Waals surface area (Å²) < 4.78 is 3.13. The van der Waals surface area contributed by atoms with E-state index in [0.717, 1.165) is 31.6 Å². The first-order chi connectivity index (χ1) is 9.11. The third-order valence-corrected chi connectivity index (χ3v) is 4.23. The monoisotopic (exact) mass is 336 g/mol. The molecule has 0 aliphatic carbocycles. The summed E-state index contributed by atoms with van der Waals surface area (Å²) in [6, 6.07) is 2.37. The molecule has 0 spiro atoms. The molecule has 0 radical (unpaired) electrons. The summed E-state index contributed by atoms with van der Waals surface area (Å²) in [6.07, 6.45) is 5.73. The van der Waals surface area contributed by atoms with Crippen molar-refractivity contribution in [3.05, 3.63) is 23.1 Å². The molecule has 0 saturated carbocycles. The van der Waals surface area contributed by atoms with Crippen molar-refractivity contribution in [2.24, 2.45) is 0 Å². The molecule has 0 N–H and O–H groups in total. The molecule has 1 aromatic carbocycles. The first-order valence-electron chi connectivity index (χ1n) is 5.97. The lowest BCUT2D eigenvalue weighted by Crippen LogP contribution is -2.00. The zero-order valence-corrected chi connectivity index (χ0v) is 13.3. The van der Waals surface area contributed by atoms with Crippen molar-refractivity contribution in [1.29, 1.82) is 0 Å². The fourth-order valence-electron chi connectivity index (χ4n) is 2.14. The first-order valence-corrected chi connectivity index (χ1v) is 7.99. The molecule has 0 aliphatic rings. The number of thioether (sulfide) groups is 1. The highest BCUT2D eigenvalue weighted by molar-refractivity contribution is 9.10. The molecule has 19 heavy (non-hydrogen) atoms. The minimum Gasteiger partial charge on any atom is -0.326 e. The van der Waals surface area contributed by atoms with Crippen molar-refractivity contribution < 1.29 is 0 Å². The van der Waals surface area contributed by atoms with Gasteiger partial charge in [0.15, 0.2) is 5.16 Å². The largest absolute Gasteiger partial charge is 0.326 e. The summed E-state index contributed by atoms with van der Waals surface area (Å²) in [4.78, 5) is 13.5. The van der Waals surface area contributed by atoms with E-state index in [2.05, 4.69) is 49.3 Å². The Kier molecular flexibility index (Phi) is 3.22. The molecule has 2 heterocycles. The minimum atomic E-state index is 0.343. The normalized spacial score (nSPS) is 11.8. The van der Waals surface area contributed by atoms with Gasteiger partial charge in [-0.2, -0.15) is 0 Å². The van der Waals surface area contributed by atoms with Gasteiger partial charge in [-0.1, -0.05) is 11.8 Å². The Morgan fingerprint density at radius 2 is 2.05 bits per heavy atom. The molecule has 0 bridgehead atoms. The van der Waals surface area contributed by atoms with E-state index in [0.29, 0.717) is 6.04 Å². The molecular formula is C13H13BrN4S. The van der Waals surface area contributed by atoms with Gasteiger partial charge in [0.25, 0.3) is 0 Å². The van der Waals surface area contributed by atoms with E-state index in [1.807, 2.05) is 24.8 Å². The Morgan fingerprint density at radius 3 is 2.74 bits per heavy atom. The molecule has 3 rings (SSSR count). The molecule has 0 amide bonds. The molecule has 0 unspecified atom stereocenters. The quantitative estimate of drug-likeness (QED) is 0.523. The van der Waals surface area contributed by atoms with Crippen LogP contribution in [0.3, 0.4) is 0 Å². The van der Waals surface area contributed by atoms with E-state index in [1.165, 1.54) is 0 Å². The fourth-order valence-corrected chi connectivity index (χ4v) is 3.01. The van der Waals surface area contributed by atoms with Gasteiger partial charge in [-0.25, -0.2) is 15.0 Å². The maximum absolute atomic E-state index is 4.65. The van der Waals surface area contributed by atoms with Gasteiger partial charge in [0.1, 0.15) is 11.0 Å². The SMILES string of the molecule is CSc1ncc2cc(Br)c3ncn(C(C)C)c3c2n1. The number of aromatic nitrogens is 4. The lowest BCUT2D eigenvalue weighted by molar-refractivity contribution is 0.618. The Balaban J connectivity index is 2.49. The van der Waals surface area contributed by atoms with Crippen molar-refractivity contribution >= 4 is 49.6 Å². The molecule has 6 heteroatoms. The number of imidazole rings is 1. The van der Waals surface area contributed by atoms with Gasteiger partial charge in [0.2, 0.25) is 0 Å². The second kappa shape index (κ2) is 4.76. The number of benzene rings is 1. The number of halogens is 1. The molecule has 0 saturated heterocycles. The Labute approximate surface area is 123 Å². The van der Waals surface area contributed by atoms with Crippen LogP contribution in [0.25, 0.3) is 21.9 Å². The minimum absolute atomic E-state index is 0.343. The second-order valence-corrected chi connectivity index (χ2v) is 6.22. The summed E-state index contributed by atoms with van der Waals surface area (Å²) in [6.45, 7) is 4.29. The fraction of sp³-hybridized carbons (Fsp3) is 0.308. The lowest BCUT2D eigenvalue weighted by atomic mass is 10.2. The maximum Gasteiger partial charge on any atom is 0.187 e. The van der Waals surface area contributed by atoms with Crippen molar-refractivity contribution in [2.75, 3.05) is 6.26 Å². The van der Waals surface area contributed by atoms with Crippen molar-refractivity contribution in [3.8, 4) is 0 Å². The summed E-state index contributed by atoms with van der Waals surface area (Å²) in [7, 11) is 0. The van der Waals surface area contributed by atoms with E-state index in [4.69, 9.17) is 0 Å². The highest BCUT2D eigenvalue weighted by Crippen LogP contribution is 2.32. The average Bonchev–Trinajstić information content (AvgIpc) is 2.84. The standard InChI is InChI=1S/C13H13BrN4S/c1-7(2)18-6-16-11-9(14)4-8-5-15-13(19-3)17-10(8)12(11)18/h4-7H,1-3H3. The van der Waals surface area contributed by atoms with Crippen LogP contribution in [0.1, 0.15) is 19.9 Å². The van der Waals surface area contributed by atoms with Crippen LogP contribution in [-0.2, 0) is 0 Å². The van der Waals surface area contributed by atoms with Crippen molar-refractivity contribution in [2.45, 2.75) is 25.0 Å². The predicted molar refractivity (Wildman–Crippen MR) is 82.7 cm³/mol. The highest BCUT2D eigenvalue weighted by atomic mass is 79.9. The van der Waals surface area contributed by atoms with Crippen LogP contribution in [0.2, 0.25) is 0 Å². The van der Waals surface area contributed by atoms with Crippen LogP contribution in [-0.4, -0.2) is 25.8 Å². The van der Waals surface area contributed by atoms with Gasteiger partial charge in [-0.3, -0.25) is 0 Å². The zero-order chi connectivity index (χ0) is 13.6. The topological polar surface area (TPSA) is 43.6 Å². The number of hydrogen-bond donors (Lipinski definition) is 0. The maximum atomic E-state index is 4.65. The smallest absolute Gasteiger partial charge is 0.187 e. The number of hydrogen-bond acceptors (Lipinski definition) is 4. The van der Waals surface area contributed by atoms with Gasteiger partial charge in [-0.15, -0.1) is 0 Å². The summed E-state index contributed by atoms with van der Waals surface area (Å²) in [5.74, 6) is 0. The summed E-state index contributed by atoms with van der Waals surface area (Å²) >= 11 is 5.13. The number of nitrogens with zero attached hydrogens (tertiary/aromatic N) is 4. The van der Waals surface area contributed by atoms with Gasteiger partial charge in [-0.05, 0) is 42.1 Å². The average molecular weight is 337 g/mol. The molecule has 4 nitrogen and oxygen atoms in total. The molecular weight excluding hydrogens is 324 g/mol. The van der Waals surface area contributed by atoms with Gasteiger partial charge >= 0.3 is 0 Å².